The fraction of sp³-hybridized carbons (Fsp3) is 0.231. The zero-order valence-corrected chi connectivity index (χ0v) is 10.7. The standard InChI is InChI=1S/C13H14ClNO2/c1-6-4-5-9(14)10(7(6)2)11-12(16)8(3)15-13(11)17/h4-5,15-17H,1-3H3. The lowest BCUT2D eigenvalue weighted by Crippen LogP contribution is -1.88. The summed E-state index contributed by atoms with van der Waals surface area (Å²) in [5.41, 5.74) is 3.57. The number of aromatic hydroxyl groups is 2. The SMILES string of the molecule is Cc1ccc(Cl)c(-c2c(O)[nH]c(C)c2O)c1C. The minimum atomic E-state index is -0.0596. The van der Waals surface area contributed by atoms with E-state index in [0.717, 1.165) is 11.1 Å². The second-order valence-electron chi connectivity index (χ2n) is 4.19. The molecule has 3 N–H and O–H groups in total. The minimum Gasteiger partial charge on any atom is -0.505 e. The van der Waals surface area contributed by atoms with Gasteiger partial charge in [-0.3, -0.25) is 0 Å². The summed E-state index contributed by atoms with van der Waals surface area (Å²) < 4.78 is 0. The summed E-state index contributed by atoms with van der Waals surface area (Å²) in [6.45, 7) is 5.57. The van der Waals surface area contributed by atoms with E-state index >= 15 is 0 Å². The Bertz CT molecular complexity index is 588. The highest BCUT2D eigenvalue weighted by molar-refractivity contribution is 6.33. The molecule has 0 radical (unpaired) electrons. The molecule has 0 spiro atoms. The number of nitrogens with one attached hydrogen (secondary N) is 1. The van der Waals surface area contributed by atoms with Crippen LogP contribution < -0.4 is 0 Å². The largest absolute Gasteiger partial charge is 0.505 e. The molecule has 0 saturated heterocycles. The lowest BCUT2D eigenvalue weighted by atomic mass is 9.98. The Labute approximate surface area is 105 Å². The van der Waals surface area contributed by atoms with E-state index < -0.39 is 0 Å². The van der Waals surface area contributed by atoms with Gasteiger partial charge in [0.2, 0.25) is 5.88 Å². The van der Waals surface area contributed by atoms with E-state index in [4.69, 9.17) is 11.6 Å². The zero-order valence-electron chi connectivity index (χ0n) is 9.93. The average molecular weight is 252 g/mol. The Hall–Kier alpha value is -1.61. The van der Waals surface area contributed by atoms with Crippen molar-refractivity contribution in [1.29, 1.82) is 0 Å². The molecule has 0 aliphatic carbocycles. The third kappa shape index (κ3) is 1.76. The van der Waals surface area contributed by atoms with E-state index in [2.05, 4.69) is 4.98 Å². The van der Waals surface area contributed by atoms with Gasteiger partial charge in [0, 0.05) is 10.6 Å². The van der Waals surface area contributed by atoms with Crippen LogP contribution >= 0.6 is 11.6 Å². The molecule has 17 heavy (non-hydrogen) atoms. The van der Waals surface area contributed by atoms with Gasteiger partial charge >= 0.3 is 0 Å². The molecule has 0 fully saturated rings. The number of rotatable bonds is 1. The first kappa shape index (κ1) is 11.9. The lowest BCUT2D eigenvalue weighted by Gasteiger charge is -2.10. The average Bonchev–Trinajstić information content (AvgIpc) is 2.51. The van der Waals surface area contributed by atoms with Crippen molar-refractivity contribution < 1.29 is 10.2 Å². The maximum absolute atomic E-state index is 9.96. The summed E-state index contributed by atoms with van der Waals surface area (Å²) in [7, 11) is 0. The van der Waals surface area contributed by atoms with Crippen molar-refractivity contribution >= 4 is 11.6 Å². The number of aromatic nitrogens is 1. The molecule has 0 aliphatic rings. The van der Waals surface area contributed by atoms with E-state index in [1.54, 1.807) is 13.0 Å². The zero-order chi connectivity index (χ0) is 12.7. The van der Waals surface area contributed by atoms with E-state index in [-0.39, 0.29) is 11.6 Å². The van der Waals surface area contributed by atoms with Crippen LogP contribution in [0.25, 0.3) is 11.1 Å². The van der Waals surface area contributed by atoms with Gasteiger partial charge in [-0.05, 0) is 38.0 Å². The molecule has 2 rings (SSSR count). The molecule has 2 aromatic rings. The minimum absolute atomic E-state index is 0.0399. The second-order valence-corrected chi connectivity index (χ2v) is 4.59. The number of aryl methyl sites for hydroxylation is 2. The van der Waals surface area contributed by atoms with Crippen molar-refractivity contribution in [2.24, 2.45) is 0 Å². The summed E-state index contributed by atoms with van der Waals surface area (Å²) in [6, 6.07) is 3.68. The maximum Gasteiger partial charge on any atom is 0.200 e. The first-order valence-electron chi connectivity index (χ1n) is 5.30. The number of H-pyrrole nitrogens is 1. The van der Waals surface area contributed by atoms with Crippen molar-refractivity contribution in [3.05, 3.63) is 34.0 Å². The highest BCUT2D eigenvalue weighted by Gasteiger charge is 2.20. The number of benzene rings is 1. The molecule has 1 heterocycles. The summed E-state index contributed by atoms with van der Waals surface area (Å²) in [6.07, 6.45) is 0. The van der Waals surface area contributed by atoms with Crippen molar-refractivity contribution in [2.75, 3.05) is 0 Å². The molecule has 1 aromatic heterocycles. The Morgan fingerprint density at radius 3 is 2.24 bits per heavy atom. The van der Waals surface area contributed by atoms with Crippen LogP contribution in [0.15, 0.2) is 12.1 Å². The molecule has 4 heteroatoms. The monoisotopic (exact) mass is 251 g/mol. The van der Waals surface area contributed by atoms with Gasteiger partial charge in [0.15, 0.2) is 0 Å². The van der Waals surface area contributed by atoms with Gasteiger partial charge in [0.05, 0.1) is 11.3 Å². The van der Waals surface area contributed by atoms with Crippen LogP contribution in [-0.2, 0) is 0 Å². The fourth-order valence-corrected chi connectivity index (χ4v) is 2.22. The van der Waals surface area contributed by atoms with E-state index in [0.29, 0.717) is 21.8 Å². The number of aromatic amines is 1. The van der Waals surface area contributed by atoms with Crippen molar-refractivity contribution in [3.8, 4) is 22.8 Å². The first-order chi connectivity index (χ1) is 7.93. The van der Waals surface area contributed by atoms with Crippen LogP contribution in [0.4, 0.5) is 0 Å². The molecule has 0 bridgehead atoms. The number of hydrogen-bond donors (Lipinski definition) is 3. The first-order valence-corrected chi connectivity index (χ1v) is 5.67. The normalized spacial score (nSPS) is 10.8. The molecule has 1 aromatic carbocycles. The van der Waals surface area contributed by atoms with Crippen LogP contribution in [0.5, 0.6) is 11.6 Å². The molecule has 90 valence electrons. The Kier molecular flexibility index (Phi) is 2.79. The number of hydrogen-bond acceptors (Lipinski definition) is 2. The fourth-order valence-electron chi connectivity index (χ4n) is 1.93. The molecular weight excluding hydrogens is 238 g/mol. The summed E-state index contributed by atoms with van der Waals surface area (Å²) in [5.74, 6) is -0.0197. The molecule has 0 atom stereocenters. The Morgan fingerprint density at radius 2 is 1.71 bits per heavy atom. The van der Waals surface area contributed by atoms with Gasteiger partial charge in [-0.15, -0.1) is 0 Å². The molecule has 0 saturated carbocycles. The van der Waals surface area contributed by atoms with Gasteiger partial charge in [0.25, 0.3) is 0 Å². The molecular formula is C13H14ClNO2. The Balaban J connectivity index is 2.81. The van der Waals surface area contributed by atoms with E-state index in [1.807, 2.05) is 19.9 Å². The van der Waals surface area contributed by atoms with Gasteiger partial charge < -0.3 is 15.2 Å². The Morgan fingerprint density at radius 1 is 1.06 bits per heavy atom. The van der Waals surface area contributed by atoms with Crippen molar-refractivity contribution in [1.82, 2.24) is 4.98 Å². The second kappa shape index (κ2) is 4.00. The van der Waals surface area contributed by atoms with Crippen molar-refractivity contribution in [2.45, 2.75) is 20.8 Å². The van der Waals surface area contributed by atoms with E-state index in [1.165, 1.54) is 0 Å². The molecule has 0 unspecified atom stereocenters. The quantitative estimate of drug-likeness (QED) is 0.724. The van der Waals surface area contributed by atoms with Crippen LogP contribution in [0, 0.1) is 20.8 Å². The van der Waals surface area contributed by atoms with Gasteiger partial charge in [-0.25, -0.2) is 0 Å². The summed E-state index contributed by atoms with van der Waals surface area (Å²) in [5, 5.41) is 20.3. The third-order valence-corrected chi connectivity index (χ3v) is 3.38. The highest BCUT2D eigenvalue weighted by Crippen LogP contribution is 2.44. The van der Waals surface area contributed by atoms with Crippen LogP contribution in [0.3, 0.4) is 0 Å². The third-order valence-electron chi connectivity index (χ3n) is 3.07. The van der Waals surface area contributed by atoms with Gasteiger partial charge in [-0.2, -0.15) is 0 Å². The van der Waals surface area contributed by atoms with Gasteiger partial charge in [-0.1, -0.05) is 17.7 Å². The molecule has 3 nitrogen and oxygen atoms in total. The topological polar surface area (TPSA) is 56.2 Å². The highest BCUT2D eigenvalue weighted by atomic mass is 35.5. The molecule has 0 amide bonds. The predicted molar refractivity (Wildman–Crippen MR) is 68.8 cm³/mol. The van der Waals surface area contributed by atoms with Gasteiger partial charge in [0.1, 0.15) is 5.75 Å². The van der Waals surface area contributed by atoms with Crippen LogP contribution in [0.1, 0.15) is 16.8 Å². The summed E-state index contributed by atoms with van der Waals surface area (Å²) >= 11 is 6.15. The van der Waals surface area contributed by atoms with Crippen LogP contribution in [0.2, 0.25) is 5.02 Å². The maximum atomic E-state index is 9.96. The smallest absolute Gasteiger partial charge is 0.200 e. The predicted octanol–water partition coefficient (Wildman–Crippen LogP) is 3.67. The lowest BCUT2D eigenvalue weighted by molar-refractivity contribution is 0.455. The molecule has 0 aliphatic heterocycles. The number of halogens is 1. The van der Waals surface area contributed by atoms with Crippen molar-refractivity contribution in [3.63, 3.8) is 0 Å². The van der Waals surface area contributed by atoms with E-state index in [9.17, 15) is 10.2 Å². The summed E-state index contributed by atoms with van der Waals surface area (Å²) in [4.78, 5) is 2.70. The van der Waals surface area contributed by atoms with Crippen LogP contribution in [-0.4, -0.2) is 15.2 Å².